The largest absolute Gasteiger partial charge is 0.388 e. The van der Waals surface area contributed by atoms with Crippen LogP contribution in [0, 0.1) is 18.8 Å². The Kier molecular flexibility index (Phi) is 3.98. The quantitative estimate of drug-likeness (QED) is 0.895. The van der Waals surface area contributed by atoms with Gasteiger partial charge >= 0.3 is 0 Å². The number of aliphatic hydroxyl groups excluding tert-OH is 1. The molecular formula is C13H19BrO2S. The molecule has 1 aliphatic heterocycles. The van der Waals surface area contributed by atoms with E-state index in [2.05, 4.69) is 43.6 Å². The van der Waals surface area contributed by atoms with Gasteiger partial charge in [-0.15, -0.1) is 11.3 Å². The van der Waals surface area contributed by atoms with Crippen LogP contribution in [-0.2, 0) is 4.74 Å². The Labute approximate surface area is 115 Å². The van der Waals surface area contributed by atoms with Crippen LogP contribution in [0.5, 0.6) is 0 Å². The number of hydrogen-bond donors (Lipinski definition) is 1. The second kappa shape index (κ2) is 5.00. The Bertz CT molecular complexity index is 404. The maximum absolute atomic E-state index is 10.6. The van der Waals surface area contributed by atoms with Crippen molar-refractivity contribution < 1.29 is 9.84 Å². The summed E-state index contributed by atoms with van der Waals surface area (Å²) < 4.78 is 6.89. The van der Waals surface area contributed by atoms with Crippen molar-refractivity contribution in [3.05, 3.63) is 20.3 Å². The third-order valence-corrected chi connectivity index (χ3v) is 5.50. The molecule has 5 unspecified atom stereocenters. The highest BCUT2D eigenvalue weighted by Crippen LogP contribution is 2.43. The van der Waals surface area contributed by atoms with Crippen LogP contribution in [0.15, 0.2) is 9.85 Å². The van der Waals surface area contributed by atoms with Gasteiger partial charge in [-0.1, -0.05) is 6.92 Å². The Hall–Kier alpha value is 0.1000. The average molecular weight is 319 g/mol. The molecule has 0 saturated carbocycles. The van der Waals surface area contributed by atoms with E-state index in [1.165, 1.54) is 4.88 Å². The summed E-state index contributed by atoms with van der Waals surface area (Å²) in [5, 5.41) is 10.6. The summed E-state index contributed by atoms with van der Waals surface area (Å²) in [5.41, 5.74) is 1.04. The highest BCUT2D eigenvalue weighted by Gasteiger charge is 2.42. The zero-order valence-corrected chi connectivity index (χ0v) is 13.0. The minimum atomic E-state index is -0.424. The molecule has 0 amide bonds. The molecule has 2 heterocycles. The van der Waals surface area contributed by atoms with E-state index in [0.717, 1.165) is 9.35 Å². The fraction of sp³-hybridized carbons (Fsp3) is 0.692. The number of aliphatic hydroxyl groups is 1. The van der Waals surface area contributed by atoms with Gasteiger partial charge in [0.05, 0.1) is 22.1 Å². The van der Waals surface area contributed by atoms with Gasteiger partial charge in [-0.2, -0.15) is 0 Å². The Balaban J connectivity index is 2.25. The molecular weight excluding hydrogens is 300 g/mol. The minimum absolute atomic E-state index is 0.119. The number of aryl methyl sites for hydroxylation is 1. The fourth-order valence-corrected chi connectivity index (χ4v) is 4.55. The summed E-state index contributed by atoms with van der Waals surface area (Å²) in [4.78, 5) is 1.18. The van der Waals surface area contributed by atoms with Crippen molar-refractivity contribution in [2.75, 3.05) is 0 Å². The predicted octanol–water partition coefficient (Wildman–Crippen LogP) is 3.91. The molecule has 2 rings (SSSR count). The summed E-state index contributed by atoms with van der Waals surface area (Å²) >= 11 is 5.15. The average Bonchev–Trinajstić information content (AvgIpc) is 2.68. The fourth-order valence-electron chi connectivity index (χ4n) is 2.80. The van der Waals surface area contributed by atoms with E-state index in [1.807, 2.05) is 6.07 Å². The van der Waals surface area contributed by atoms with Crippen LogP contribution in [0.3, 0.4) is 0 Å². The molecule has 1 N–H and O–H groups in total. The molecule has 1 aromatic rings. The zero-order chi connectivity index (χ0) is 12.7. The smallest absolute Gasteiger partial charge is 0.0857 e. The molecule has 1 aromatic heterocycles. The molecule has 1 saturated heterocycles. The van der Waals surface area contributed by atoms with Gasteiger partial charge in [0.2, 0.25) is 0 Å². The van der Waals surface area contributed by atoms with E-state index in [4.69, 9.17) is 4.74 Å². The highest BCUT2D eigenvalue weighted by molar-refractivity contribution is 9.11. The first kappa shape index (κ1) is 13.5. The van der Waals surface area contributed by atoms with Crippen molar-refractivity contribution in [2.24, 2.45) is 11.8 Å². The van der Waals surface area contributed by atoms with Crippen molar-refractivity contribution in [2.45, 2.75) is 46.0 Å². The van der Waals surface area contributed by atoms with Gasteiger partial charge in [0.25, 0.3) is 0 Å². The normalized spacial score (nSPS) is 35.2. The van der Waals surface area contributed by atoms with Gasteiger partial charge < -0.3 is 9.84 Å². The van der Waals surface area contributed by atoms with Crippen molar-refractivity contribution >= 4 is 27.3 Å². The first-order chi connectivity index (χ1) is 7.91. The van der Waals surface area contributed by atoms with Crippen molar-refractivity contribution in [3.63, 3.8) is 0 Å². The van der Waals surface area contributed by atoms with Crippen LogP contribution in [0.4, 0.5) is 0 Å². The molecule has 5 atom stereocenters. The lowest BCUT2D eigenvalue weighted by Crippen LogP contribution is -2.25. The SMILES string of the molecule is Cc1sc(Br)cc1C(O)C1C(C)OC(C)C1C. The summed E-state index contributed by atoms with van der Waals surface area (Å²) in [6.45, 7) is 8.37. The van der Waals surface area contributed by atoms with Crippen LogP contribution < -0.4 is 0 Å². The summed E-state index contributed by atoms with van der Waals surface area (Å²) in [6.07, 6.45) is -0.0763. The van der Waals surface area contributed by atoms with Gasteiger partial charge in [0.1, 0.15) is 0 Å². The number of hydrogen-bond acceptors (Lipinski definition) is 3. The third-order valence-electron chi connectivity index (χ3n) is 3.93. The van der Waals surface area contributed by atoms with E-state index in [0.29, 0.717) is 5.92 Å². The summed E-state index contributed by atoms with van der Waals surface area (Å²) in [6, 6.07) is 2.03. The van der Waals surface area contributed by atoms with Gasteiger partial charge in [-0.05, 0) is 54.2 Å². The highest BCUT2D eigenvalue weighted by atomic mass is 79.9. The van der Waals surface area contributed by atoms with Crippen LogP contribution in [-0.4, -0.2) is 17.3 Å². The second-order valence-corrected chi connectivity index (χ2v) is 7.63. The van der Waals surface area contributed by atoms with Gasteiger partial charge in [-0.25, -0.2) is 0 Å². The first-order valence-corrected chi connectivity index (χ1v) is 7.62. The predicted molar refractivity (Wildman–Crippen MR) is 74.4 cm³/mol. The lowest BCUT2D eigenvalue weighted by molar-refractivity contribution is 0.0231. The van der Waals surface area contributed by atoms with Gasteiger partial charge in [0.15, 0.2) is 0 Å². The molecule has 0 aromatic carbocycles. The Morgan fingerprint density at radius 3 is 2.41 bits per heavy atom. The Morgan fingerprint density at radius 1 is 1.35 bits per heavy atom. The van der Waals surface area contributed by atoms with E-state index in [-0.39, 0.29) is 18.1 Å². The second-order valence-electron chi connectivity index (χ2n) is 4.99. The third kappa shape index (κ3) is 2.46. The van der Waals surface area contributed by atoms with E-state index in [1.54, 1.807) is 11.3 Å². The molecule has 0 bridgehead atoms. The zero-order valence-electron chi connectivity index (χ0n) is 10.6. The summed E-state index contributed by atoms with van der Waals surface area (Å²) in [5.74, 6) is 0.572. The van der Waals surface area contributed by atoms with Crippen LogP contribution >= 0.6 is 27.3 Å². The topological polar surface area (TPSA) is 29.5 Å². The molecule has 1 aliphatic rings. The number of thiophene rings is 1. The lowest BCUT2D eigenvalue weighted by atomic mass is 9.82. The molecule has 17 heavy (non-hydrogen) atoms. The first-order valence-electron chi connectivity index (χ1n) is 6.01. The van der Waals surface area contributed by atoms with E-state index < -0.39 is 6.10 Å². The van der Waals surface area contributed by atoms with Crippen molar-refractivity contribution in [1.29, 1.82) is 0 Å². The minimum Gasteiger partial charge on any atom is -0.388 e. The molecule has 2 nitrogen and oxygen atoms in total. The molecule has 96 valence electrons. The maximum atomic E-state index is 10.6. The monoisotopic (exact) mass is 318 g/mol. The molecule has 0 radical (unpaired) electrons. The van der Waals surface area contributed by atoms with E-state index in [9.17, 15) is 5.11 Å². The molecule has 1 fully saturated rings. The van der Waals surface area contributed by atoms with Crippen LogP contribution in [0.1, 0.15) is 37.3 Å². The molecule has 0 spiro atoms. The van der Waals surface area contributed by atoms with Gasteiger partial charge in [0, 0.05) is 10.8 Å². The number of rotatable bonds is 2. The molecule has 4 heteroatoms. The number of halogens is 1. The van der Waals surface area contributed by atoms with Crippen molar-refractivity contribution in [3.8, 4) is 0 Å². The van der Waals surface area contributed by atoms with Gasteiger partial charge in [-0.3, -0.25) is 0 Å². The Morgan fingerprint density at radius 2 is 2.00 bits per heavy atom. The van der Waals surface area contributed by atoms with E-state index >= 15 is 0 Å². The van der Waals surface area contributed by atoms with Crippen LogP contribution in [0.2, 0.25) is 0 Å². The number of ether oxygens (including phenoxy) is 1. The summed E-state index contributed by atoms with van der Waals surface area (Å²) in [7, 11) is 0. The van der Waals surface area contributed by atoms with Crippen LogP contribution in [0.25, 0.3) is 0 Å². The van der Waals surface area contributed by atoms with Crippen molar-refractivity contribution in [1.82, 2.24) is 0 Å². The lowest BCUT2D eigenvalue weighted by Gasteiger charge is -2.24. The standard InChI is InChI=1S/C13H19BrO2S/c1-6-7(2)16-8(3)12(6)13(15)10-5-11(14)17-9(10)4/h5-8,12-13,15H,1-4H3. The molecule has 0 aliphatic carbocycles. The maximum Gasteiger partial charge on any atom is 0.0857 e.